The van der Waals surface area contributed by atoms with Gasteiger partial charge >= 0.3 is 0 Å². The first-order valence-electron chi connectivity index (χ1n) is 11.1. The number of nitrogens with one attached hydrogen (secondary N) is 2. The minimum absolute atomic E-state index is 0.0163. The van der Waals surface area contributed by atoms with Crippen LogP contribution in [0.4, 0.5) is 5.69 Å². The van der Waals surface area contributed by atoms with E-state index >= 15 is 0 Å². The Kier molecular flexibility index (Phi) is 8.10. The number of rotatable bonds is 6. The van der Waals surface area contributed by atoms with Crippen molar-refractivity contribution < 1.29 is 14.4 Å². The van der Waals surface area contributed by atoms with E-state index in [1.54, 1.807) is 35.2 Å². The number of piperazine rings is 1. The minimum Gasteiger partial charge on any atom is -0.343 e. The zero-order valence-corrected chi connectivity index (χ0v) is 20.1. The van der Waals surface area contributed by atoms with E-state index in [-0.39, 0.29) is 36.2 Å². The van der Waals surface area contributed by atoms with E-state index in [0.29, 0.717) is 42.5 Å². The van der Waals surface area contributed by atoms with Crippen LogP contribution in [0.5, 0.6) is 0 Å². The monoisotopic (exact) mass is 470 g/mol. The topological polar surface area (TPSA) is 81.8 Å². The molecule has 33 heavy (non-hydrogen) atoms. The van der Waals surface area contributed by atoms with Crippen molar-refractivity contribution in [3.05, 3.63) is 64.7 Å². The predicted molar refractivity (Wildman–Crippen MR) is 131 cm³/mol. The van der Waals surface area contributed by atoms with Crippen molar-refractivity contribution in [1.29, 1.82) is 0 Å². The van der Waals surface area contributed by atoms with Gasteiger partial charge in [-0.1, -0.05) is 56.6 Å². The molecule has 2 N–H and O–H groups in total. The third-order valence-corrected chi connectivity index (χ3v) is 5.98. The van der Waals surface area contributed by atoms with Crippen LogP contribution in [0.15, 0.2) is 48.5 Å². The molecule has 0 radical (unpaired) electrons. The van der Waals surface area contributed by atoms with E-state index in [4.69, 9.17) is 11.6 Å². The molecule has 1 aliphatic heterocycles. The molecule has 0 aromatic heterocycles. The number of hydrogen-bond donors (Lipinski definition) is 2. The van der Waals surface area contributed by atoms with Gasteiger partial charge in [-0.2, -0.15) is 0 Å². The number of halogens is 1. The van der Waals surface area contributed by atoms with Crippen LogP contribution in [0.3, 0.4) is 0 Å². The highest BCUT2D eigenvalue weighted by atomic mass is 35.5. The molecule has 0 spiro atoms. The van der Waals surface area contributed by atoms with Crippen LogP contribution in [-0.2, 0) is 15.0 Å². The molecule has 8 heteroatoms. The van der Waals surface area contributed by atoms with Crippen LogP contribution in [0.1, 0.15) is 36.7 Å². The summed E-state index contributed by atoms with van der Waals surface area (Å²) in [5.74, 6) is -0.541. The highest BCUT2D eigenvalue weighted by Crippen LogP contribution is 2.22. The molecular formula is C25H31ClN4O3. The molecule has 3 rings (SSSR count). The van der Waals surface area contributed by atoms with Gasteiger partial charge in [-0.15, -0.1) is 0 Å². The van der Waals surface area contributed by atoms with Crippen LogP contribution in [0, 0.1) is 0 Å². The van der Waals surface area contributed by atoms with Crippen LogP contribution < -0.4 is 10.6 Å². The van der Waals surface area contributed by atoms with Crippen LogP contribution >= 0.6 is 11.6 Å². The van der Waals surface area contributed by atoms with Gasteiger partial charge in [0.05, 0.1) is 23.8 Å². The van der Waals surface area contributed by atoms with E-state index in [1.807, 2.05) is 23.1 Å². The maximum Gasteiger partial charge on any atom is 0.251 e. The second kappa shape index (κ2) is 10.8. The molecule has 1 aliphatic rings. The number of para-hydroxylation sites is 1. The highest BCUT2D eigenvalue weighted by Gasteiger charge is 2.23. The van der Waals surface area contributed by atoms with Crippen molar-refractivity contribution in [3.8, 4) is 0 Å². The molecule has 0 saturated carbocycles. The van der Waals surface area contributed by atoms with Crippen LogP contribution in [-0.4, -0.2) is 66.8 Å². The van der Waals surface area contributed by atoms with Crippen LogP contribution in [0.2, 0.25) is 5.02 Å². The summed E-state index contributed by atoms with van der Waals surface area (Å²) in [6.07, 6.45) is 0. The van der Waals surface area contributed by atoms with E-state index in [9.17, 15) is 14.4 Å². The molecule has 1 fully saturated rings. The lowest BCUT2D eigenvalue weighted by Gasteiger charge is -2.34. The summed E-state index contributed by atoms with van der Waals surface area (Å²) in [6.45, 7) is 8.72. The van der Waals surface area contributed by atoms with Crippen molar-refractivity contribution in [2.24, 2.45) is 0 Å². The van der Waals surface area contributed by atoms with E-state index < -0.39 is 0 Å². The number of hydrogen-bond acceptors (Lipinski definition) is 4. The highest BCUT2D eigenvalue weighted by molar-refractivity contribution is 6.33. The Labute approximate surface area is 200 Å². The summed E-state index contributed by atoms with van der Waals surface area (Å²) in [7, 11) is 0. The Morgan fingerprint density at radius 2 is 1.58 bits per heavy atom. The Morgan fingerprint density at radius 1 is 0.939 bits per heavy atom. The van der Waals surface area contributed by atoms with Crippen molar-refractivity contribution in [2.75, 3.05) is 44.6 Å². The van der Waals surface area contributed by atoms with Gasteiger partial charge in [-0.05, 0) is 35.2 Å². The van der Waals surface area contributed by atoms with Crippen molar-refractivity contribution in [1.82, 2.24) is 15.1 Å². The molecule has 176 valence electrons. The van der Waals surface area contributed by atoms with E-state index in [2.05, 4.69) is 31.4 Å². The lowest BCUT2D eigenvalue weighted by atomic mass is 9.87. The normalized spacial score (nSPS) is 14.6. The number of nitrogens with zero attached hydrogens (tertiary/aromatic N) is 2. The molecule has 0 atom stereocenters. The molecular weight excluding hydrogens is 440 g/mol. The summed E-state index contributed by atoms with van der Waals surface area (Å²) >= 11 is 6.08. The van der Waals surface area contributed by atoms with Gasteiger partial charge in [-0.3, -0.25) is 19.3 Å². The van der Waals surface area contributed by atoms with E-state index in [1.165, 1.54) is 0 Å². The average molecular weight is 471 g/mol. The summed E-state index contributed by atoms with van der Waals surface area (Å²) in [5.41, 5.74) is 2.28. The molecule has 1 saturated heterocycles. The molecule has 0 bridgehead atoms. The van der Waals surface area contributed by atoms with Gasteiger partial charge < -0.3 is 15.5 Å². The summed E-state index contributed by atoms with van der Waals surface area (Å²) in [4.78, 5) is 40.9. The van der Waals surface area contributed by atoms with Gasteiger partial charge in [-0.25, -0.2) is 0 Å². The number of amides is 3. The summed E-state index contributed by atoms with van der Waals surface area (Å²) < 4.78 is 0. The first-order valence-corrected chi connectivity index (χ1v) is 11.4. The zero-order chi connectivity index (χ0) is 24.0. The van der Waals surface area contributed by atoms with Crippen molar-refractivity contribution in [2.45, 2.75) is 26.2 Å². The molecule has 1 heterocycles. The lowest BCUT2D eigenvalue weighted by molar-refractivity contribution is -0.132. The Balaban J connectivity index is 1.40. The first kappa shape index (κ1) is 24.7. The average Bonchev–Trinajstić information content (AvgIpc) is 2.79. The third-order valence-electron chi connectivity index (χ3n) is 5.65. The molecule has 2 aromatic rings. The molecule has 0 unspecified atom stereocenters. The summed E-state index contributed by atoms with van der Waals surface area (Å²) in [6, 6.07) is 14.5. The van der Waals surface area contributed by atoms with Gasteiger partial charge in [0.1, 0.15) is 0 Å². The number of carbonyl (C=O) groups is 3. The molecule has 2 aromatic carbocycles. The number of carbonyl (C=O) groups excluding carboxylic acids is 3. The van der Waals surface area contributed by atoms with Gasteiger partial charge in [0.25, 0.3) is 5.91 Å². The Morgan fingerprint density at radius 3 is 2.18 bits per heavy atom. The largest absolute Gasteiger partial charge is 0.343 e. The number of anilines is 1. The van der Waals surface area contributed by atoms with Crippen molar-refractivity contribution in [3.63, 3.8) is 0 Å². The fourth-order valence-corrected chi connectivity index (χ4v) is 3.79. The quantitative estimate of drug-likeness (QED) is 0.679. The van der Waals surface area contributed by atoms with Crippen LogP contribution in [0.25, 0.3) is 0 Å². The maximum absolute atomic E-state index is 12.5. The summed E-state index contributed by atoms with van der Waals surface area (Å²) in [5, 5.41) is 6.01. The second-order valence-corrected chi connectivity index (χ2v) is 9.60. The SMILES string of the molecule is CC(C)(C)c1ccc(C(=O)NCC(=O)N2CCN(CC(=O)Nc3ccccc3Cl)CC2)cc1. The third kappa shape index (κ3) is 7.04. The second-order valence-electron chi connectivity index (χ2n) is 9.19. The van der Waals surface area contributed by atoms with Gasteiger partial charge in [0, 0.05) is 31.7 Å². The Bertz CT molecular complexity index is 993. The van der Waals surface area contributed by atoms with E-state index in [0.717, 1.165) is 5.56 Å². The maximum atomic E-state index is 12.5. The fraction of sp³-hybridized carbons (Fsp3) is 0.400. The fourth-order valence-electron chi connectivity index (χ4n) is 3.60. The molecule has 3 amide bonds. The lowest BCUT2D eigenvalue weighted by Crippen LogP contribution is -2.52. The predicted octanol–water partition coefficient (Wildman–Crippen LogP) is 3.15. The standard InChI is InChI=1S/C25H31ClN4O3/c1-25(2,3)19-10-8-18(9-11-19)24(33)27-16-23(32)30-14-12-29(13-15-30)17-22(31)28-21-7-5-4-6-20(21)26/h4-11H,12-17H2,1-3H3,(H,27,33)(H,28,31). The van der Waals surface area contributed by atoms with Crippen molar-refractivity contribution >= 4 is 35.0 Å². The minimum atomic E-state index is -0.265. The smallest absolute Gasteiger partial charge is 0.251 e. The molecule has 0 aliphatic carbocycles. The Hall–Kier alpha value is -2.90. The van der Waals surface area contributed by atoms with Gasteiger partial charge in [0.2, 0.25) is 11.8 Å². The molecule has 7 nitrogen and oxygen atoms in total. The first-order chi connectivity index (χ1) is 15.6. The van der Waals surface area contributed by atoms with Gasteiger partial charge in [0.15, 0.2) is 0 Å². The number of benzene rings is 2. The zero-order valence-electron chi connectivity index (χ0n) is 19.4.